The van der Waals surface area contributed by atoms with E-state index in [4.69, 9.17) is 0 Å². The van der Waals surface area contributed by atoms with Crippen molar-refractivity contribution in [1.29, 1.82) is 0 Å². The molecule has 7 heteroatoms. The van der Waals surface area contributed by atoms with Crippen LogP contribution in [0.3, 0.4) is 0 Å². The highest BCUT2D eigenvalue weighted by Crippen LogP contribution is 2.17. The van der Waals surface area contributed by atoms with Crippen LogP contribution in [0, 0.1) is 0 Å². The van der Waals surface area contributed by atoms with Crippen LogP contribution >= 0.6 is 0 Å². The highest BCUT2D eigenvalue weighted by molar-refractivity contribution is 5.95. The number of tetrazole rings is 1. The normalized spacial score (nSPS) is 20.0. The number of carbonyl (C=O) groups excluding carboxylic acids is 1. The average Bonchev–Trinajstić information content (AvgIpc) is 2.80. The van der Waals surface area contributed by atoms with Gasteiger partial charge in [-0.15, -0.1) is 5.10 Å². The zero-order valence-corrected chi connectivity index (χ0v) is 12.4. The number of carbonyl (C=O) groups is 1. The van der Waals surface area contributed by atoms with Crippen LogP contribution in [-0.4, -0.2) is 69.0 Å². The van der Waals surface area contributed by atoms with Gasteiger partial charge >= 0.3 is 0 Å². The van der Waals surface area contributed by atoms with E-state index in [-0.39, 0.29) is 5.91 Å². The van der Waals surface area contributed by atoms with E-state index >= 15 is 0 Å². The third-order valence-corrected chi connectivity index (χ3v) is 4.11. The summed E-state index contributed by atoms with van der Waals surface area (Å²) in [6.45, 7) is 1.60. The van der Waals surface area contributed by atoms with Crippen molar-refractivity contribution < 1.29 is 4.79 Å². The molecule has 0 radical (unpaired) electrons. The molecule has 1 aliphatic heterocycles. The lowest BCUT2D eigenvalue weighted by atomic mass is 10.1. The molecule has 0 spiro atoms. The lowest BCUT2D eigenvalue weighted by molar-refractivity contribution is 0.0725. The van der Waals surface area contributed by atoms with Crippen molar-refractivity contribution in [3.63, 3.8) is 0 Å². The summed E-state index contributed by atoms with van der Waals surface area (Å²) in [4.78, 5) is 16.9. The minimum atomic E-state index is 0.0641. The first-order chi connectivity index (χ1) is 10.1. The van der Waals surface area contributed by atoms with E-state index in [9.17, 15) is 4.79 Å². The Balaban J connectivity index is 1.82. The third kappa shape index (κ3) is 2.87. The van der Waals surface area contributed by atoms with Crippen LogP contribution < -0.4 is 0 Å². The van der Waals surface area contributed by atoms with Gasteiger partial charge in [0, 0.05) is 30.9 Å². The predicted octanol–water partition coefficient (Wildman–Crippen LogP) is 0.681. The minimum absolute atomic E-state index is 0.0641. The quantitative estimate of drug-likeness (QED) is 0.813. The summed E-state index contributed by atoms with van der Waals surface area (Å²) in [6.07, 6.45) is 5.10. The van der Waals surface area contributed by atoms with Crippen molar-refractivity contribution in [3.8, 4) is 0 Å². The van der Waals surface area contributed by atoms with E-state index in [2.05, 4.69) is 34.5 Å². The van der Waals surface area contributed by atoms with Gasteiger partial charge < -0.3 is 9.80 Å². The van der Waals surface area contributed by atoms with Crippen LogP contribution in [0.2, 0.25) is 0 Å². The molecule has 1 amide bonds. The topological polar surface area (TPSA) is 66.6 Å². The summed E-state index contributed by atoms with van der Waals surface area (Å²) in [6, 6.07) is 3.95. The van der Waals surface area contributed by atoms with Crippen molar-refractivity contribution in [3.05, 3.63) is 23.9 Å². The summed E-state index contributed by atoms with van der Waals surface area (Å²) in [5.41, 5.74) is 1.25. The molecule has 1 fully saturated rings. The maximum atomic E-state index is 12.7. The van der Waals surface area contributed by atoms with Crippen molar-refractivity contribution in [2.75, 3.05) is 27.2 Å². The van der Waals surface area contributed by atoms with Gasteiger partial charge in [-0.1, -0.05) is 6.42 Å². The second kappa shape index (κ2) is 5.77. The Kier molecular flexibility index (Phi) is 3.83. The standard InChI is InChI=1S/C14H20N6O/c1-18(2)12-5-3-4-7-19(10-12)14(21)11-6-8-20-13(9-11)15-16-17-20/h6,8-9,12H,3-5,7,10H2,1-2H3/t12-/m0/s1. The average molecular weight is 288 g/mol. The Labute approximate surface area is 123 Å². The molecule has 0 unspecified atom stereocenters. The zero-order valence-electron chi connectivity index (χ0n) is 12.4. The van der Waals surface area contributed by atoms with Crippen LogP contribution in [-0.2, 0) is 0 Å². The largest absolute Gasteiger partial charge is 0.337 e. The lowest BCUT2D eigenvalue weighted by Crippen LogP contribution is -2.41. The van der Waals surface area contributed by atoms with E-state index < -0.39 is 0 Å². The van der Waals surface area contributed by atoms with Crippen molar-refractivity contribution in [2.24, 2.45) is 0 Å². The van der Waals surface area contributed by atoms with E-state index in [0.29, 0.717) is 17.3 Å². The fourth-order valence-corrected chi connectivity index (χ4v) is 2.78. The summed E-state index contributed by atoms with van der Waals surface area (Å²) in [7, 11) is 4.15. The number of amides is 1. The van der Waals surface area contributed by atoms with Gasteiger partial charge in [0.15, 0.2) is 5.65 Å². The molecule has 7 nitrogen and oxygen atoms in total. The Morgan fingerprint density at radius 1 is 1.38 bits per heavy atom. The van der Waals surface area contributed by atoms with Crippen LogP contribution in [0.5, 0.6) is 0 Å². The van der Waals surface area contributed by atoms with Gasteiger partial charge in [0.25, 0.3) is 5.91 Å². The summed E-state index contributed by atoms with van der Waals surface area (Å²) in [5.74, 6) is 0.0641. The van der Waals surface area contributed by atoms with Gasteiger partial charge in [-0.3, -0.25) is 4.79 Å². The van der Waals surface area contributed by atoms with Gasteiger partial charge in [-0.05, 0) is 49.5 Å². The molecule has 0 saturated carbocycles. The molecule has 2 aromatic heterocycles. The summed E-state index contributed by atoms with van der Waals surface area (Å²) >= 11 is 0. The number of hydrogen-bond donors (Lipinski definition) is 0. The molecule has 0 aromatic carbocycles. The molecule has 1 saturated heterocycles. The molecule has 0 N–H and O–H groups in total. The van der Waals surface area contributed by atoms with E-state index in [1.54, 1.807) is 22.8 Å². The summed E-state index contributed by atoms with van der Waals surface area (Å²) in [5, 5.41) is 11.3. The highest BCUT2D eigenvalue weighted by atomic mass is 16.2. The molecule has 1 atom stereocenters. The molecule has 3 heterocycles. The molecular weight excluding hydrogens is 268 g/mol. The number of nitrogens with zero attached hydrogens (tertiary/aromatic N) is 6. The maximum absolute atomic E-state index is 12.7. The second-order valence-corrected chi connectivity index (χ2v) is 5.76. The van der Waals surface area contributed by atoms with E-state index in [1.807, 2.05) is 4.90 Å². The van der Waals surface area contributed by atoms with Crippen LogP contribution in [0.4, 0.5) is 0 Å². The summed E-state index contributed by atoms with van der Waals surface area (Å²) < 4.78 is 1.56. The number of hydrogen-bond acceptors (Lipinski definition) is 5. The van der Waals surface area contributed by atoms with Crippen molar-refractivity contribution in [2.45, 2.75) is 25.3 Å². The highest BCUT2D eigenvalue weighted by Gasteiger charge is 2.24. The van der Waals surface area contributed by atoms with Crippen molar-refractivity contribution in [1.82, 2.24) is 29.8 Å². The number of rotatable bonds is 2. The van der Waals surface area contributed by atoms with Crippen LogP contribution in [0.15, 0.2) is 18.3 Å². The van der Waals surface area contributed by atoms with Crippen LogP contribution in [0.25, 0.3) is 5.65 Å². The minimum Gasteiger partial charge on any atom is -0.337 e. The van der Waals surface area contributed by atoms with Gasteiger partial charge in [0.1, 0.15) is 0 Å². The molecular formula is C14H20N6O. The molecule has 0 aliphatic carbocycles. The SMILES string of the molecule is CN(C)[C@H]1CCCCN(C(=O)c2ccn3nnnc3c2)C1. The van der Waals surface area contributed by atoms with Gasteiger partial charge in [0.2, 0.25) is 0 Å². The van der Waals surface area contributed by atoms with Crippen LogP contribution in [0.1, 0.15) is 29.6 Å². The Morgan fingerprint density at radius 3 is 3.05 bits per heavy atom. The third-order valence-electron chi connectivity index (χ3n) is 4.11. The molecule has 3 rings (SSSR count). The van der Waals surface area contributed by atoms with Crippen molar-refractivity contribution >= 4 is 11.6 Å². The Hall–Kier alpha value is -2.02. The first-order valence-electron chi connectivity index (χ1n) is 7.28. The first-order valence-corrected chi connectivity index (χ1v) is 7.28. The number of aromatic nitrogens is 4. The van der Waals surface area contributed by atoms with Gasteiger partial charge in [0.05, 0.1) is 0 Å². The molecule has 1 aliphatic rings. The fraction of sp³-hybridized carbons (Fsp3) is 0.571. The van der Waals surface area contributed by atoms with E-state index in [1.165, 1.54) is 6.42 Å². The zero-order chi connectivity index (χ0) is 14.8. The molecule has 2 aromatic rings. The maximum Gasteiger partial charge on any atom is 0.254 e. The second-order valence-electron chi connectivity index (χ2n) is 5.76. The fourth-order valence-electron chi connectivity index (χ4n) is 2.78. The monoisotopic (exact) mass is 288 g/mol. The van der Waals surface area contributed by atoms with Gasteiger partial charge in [-0.2, -0.15) is 0 Å². The molecule has 0 bridgehead atoms. The smallest absolute Gasteiger partial charge is 0.254 e. The number of pyridine rings is 1. The molecule has 112 valence electrons. The lowest BCUT2D eigenvalue weighted by Gasteiger charge is -2.28. The Morgan fingerprint density at radius 2 is 2.24 bits per heavy atom. The first kappa shape index (κ1) is 13.9. The Bertz CT molecular complexity index is 637. The predicted molar refractivity (Wildman–Crippen MR) is 78.0 cm³/mol. The number of likely N-dealkylation sites (N-methyl/N-ethyl adjacent to an activating group) is 1. The van der Waals surface area contributed by atoms with E-state index in [0.717, 1.165) is 25.9 Å². The molecule has 21 heavy (non-hydrogen) atoms. The number of likely N-dealkylation sites (tertiary alicyclic amines) is 1. The number of fused-ring (bicyclic) bond motifs is 1. The van der Waals surface area contributed by atoms with Gasteiger partial charge in [-0.25, -0.2) is 4.52 Å².